The van der Waals surface area contributed by atoms with Gasteiger partial charge in [0.25, 0.3) is 11.8 Å². The number of ether oxygens (including phenoxy) is 2. The van der Waals surface area contributed by atoms with Crippen molar-refractivity contribution >= 4 is 29.6 Å². The Morgan fingerprint density at radius 3 is 2.08 bits per heavy atom. The minimum atomic E-state index is -1.94. The average molecular weight is 713 g/mol. The lowest BCUT2D eigenvalue weighted by molar-refractivity contribution is -0.536. The Balaban J connectivity index is 1.64. The van der Waals surface area contributed by atoms with Crippen LogP contribution in [0.5, 0.6) is 0 Å². The first-order valence-electron chi connectivity index (χ1n) is 17.4. The average Bonchev–Trinajstić information content (AvgIpc) is 3.58. The van der Waals surface area contributed by atoms with Gasteiger partial charge in [-0.15, -0.1) is 0 Å². The molecular formula is C39H44N4O9. The second-order valence-corrected chi connectivity index (χ2v) is 13.4. The van der Waals surface area contributed by atoms with E-state index in [1.165, 1.54) is 31.1 Å². The molecule has 0 spiro atoms. The molecule has 0 bridgehead atoms. The predicted octanol–water partition coefficient (Wildman–Crippen LogP) is 4.59. The topological polar surface area (TPSA) is 165 Å². The molecule has 0 saturated carbocycles. The number of nitro groups is 1. The summed E-state index contributed by atoms with van der Waals surface area (Å²) < 4.78 is 11.3. The van der Waals surface area contributed by atoms with E-state index in [-0.39, 0.29) is 43.0 Å². The third-order valence-corrected chi connectivity index (χ3v) is 10.3. The molecule has 5 rings (SSSR count). The number of likely N-dealkylation sites (tertiary alicyclic amines) is 1. The largest absolute Gasteiger partial charge is 0.469 e. The van der Waals surface area contributed by atoms with E-state index in [4.69, 9.17) is 9.47 Å². The molecule has 52 heavy (non-hydrogen) atoms. The Kier molecular flexibility index (Phi) is 11.8. The summed E-state index contributed by atoms with van der Waals surface area (Å²) in [5.74, 6) is -4.87. The number of nitrogens with zero attached hydrogens (tertiary/aromatic N) is 3. The molecule has 1 fully saturated rings. The fourth-order valence-electron chi connectivity index (χ4n) is 7.49. The Labute approximate surface area is 302 Å². The van der Waals surface area contributed by atoms with Crippen LogP contribution in [0.15, 0.2) is 84.9 Å². The summed E-state index contributed by atoms with van der Waals surface area (Å²) >= 11 is 0. The molecule has 1 N–H and O–H groups in total. The molecule has 6 atom stereocenters. The smallest absolute Gasteiger partial charge is 0.305 e. The Hall–Kier alpha value is -5.43. The molecule has 274 valence electrons. The first kappa shape index (κ1) is 37.8. The molecule has 2 aliphatic rings. The zero-order valence-electron chi connectivity index (χ0n) is 29.7. The summed E-state index contributed by atoms with van der Waals surface area (Å²) in [6.07, 6.45) is -0.146. The number of rotatable bonds is 15. The Morgan fingerprint density at radius 1 is 0.942 bits per heavy atom. The van der Waals surface area contributed by atoms with Gasteiger partial charge in [0.05, 0.1) is 36.9 Å². The minimum absolute atomic E-state index is 0.00862. The summed E-state index contributed by atoms with van der Waals surface area (Å²) in [6.45, 7) is 4.65. The van der Waals surface area contributed by atoms with Gasteiger partial charge >= 0.3 is 5.97 Å². The van der Waals surface area contributed by atoms with Crippen LogP contribution in [0.25, 0.3) is 0 Å². The highest BCUT2D eigenvalue weighted by Crippen LogP contribution is 2.52. The highest BCUT2D eigenvalue weighted by atomic mass is 16.6. The maximum absolute atomic E-state index is 14.8. The van der Waals surface area contributed by atoms with Gasteiger partial charge in [0.1, 0.15) is 18.1 Å². The van der Waals surface area contributed by atoms with Gasteiger partial charge in [-0.05, 0) is 42.5 Å². The Morgan fingerprint density at radius 2 is 1.52 bits per heavy atom. The molecule has 2 heterocycles. The second kappa shape index (κ2) is 16.3. The minimum Gasteiger partial charge on any atom is -0.469 e. The van der Waals surface area contributed by atoms with Gasteiger partial charge in [0.15, 0.2) is 0 Å². The molecule has 0 aromatic heterocycles. The van der Waals surface area contributed by atoms with Crippen LogP contribution >= 0.6 is 0 Å². The number of hydrogen-bond acceptors (Lipinski definition) is 9. The standard InChI is InChI=1S/C39H44N4O9/c1-5-25(2)35(52-24-26-15-8-6-9-16-26)32-34(43(49)50)33(27-17-10-7-11-18-27)42(39(32,3)38(48)40-22-14-21-31(45)51-4)30(44)23-41-36(46)28-19-12-13-20-29(28)37(41)47/h6-13,15-20,25,32-35H,5,14,21-24H2,1-4H3,(H,40,48)/t25-,32+,33-,34-,35-,39+/m0/s1. The fourth-order valence-corrected chi connectivity index (χ4v) is 7.49. The number of benzene rings is 3. The predicted molar refractivity (Wildman–Crippen MR) is 189 cm³/mol. The number of fused-ring (bicyclic) bond motifs is 1. The van der Waals surface area contributed by atoms with Crippen LogP contribution in [0, 0.1) is 22.0 Å². The Bertz CT molecular complexity index is 1770. The molecule has 4 amide bonds. The molecule has 13 nitrogen and oxygen atoms in total. The van der Waals surface area contributed by atoms with Crippen molar-refractivity contribution in [1.29, 1.82) is 0 Å². The van der Waals surface area contributed by atoms with Crippen molar-refractivity contribution < 1.29 is 38.4 Å². The van der Waals surface area contributed by atoms with Crippen molar-refractivity contribution in [1.82, 2.24) is 15.1 Å². The summed E-state index contributed by atoms with van der Waals surface area (Å²) in [4.78, 5) is 83.3. The van der Waals surface area contributed by atoms with E-state index >= 15 is 0 Å². The molecular weight excluding hydrogens is 668 g/mol. The SMILES string of the molecule is CC[C@H](C)[C@H](OCc1ccccc1)[C@H]1[C@H]([N+](=O)[O-])[C@H](c2ccccc2)N(C(=O)CN2C(=O)c3ccccc3C2=O)[C@@]1(C)C(=O)NCCCC(=O)OC. The van der Waals surface area contributed by atoms with Crippen LogP contribution in [0.2, 0.25) is 0 Å². The number of carbonyl (C=O) groups excluding carboxylic acids is 5. The lowest BCUT2D eigenvalue weighted by atomic mass is 9.74. The van der Waals surface area contributed by atoms with Gasteiger partial charge in [0, 0.05) is 17.9 Å². The fraction of sp³-hybridized carbons (Fsp3) is 0.410. The molecule has 13 heteroatoms. The van der Waals surface area contributed by atoms with Gasteiger partial charge in [-0.2, -0.15) is 0 Å². The monoisotopic (exact) mass is 712 g/mol. The highest BCUT2D eigenvalue weighted by molar-refractivity contribution is 6.22. The van der Waals surface area contributed by atoms with Crippen LogP contribution in [-0.4, -0.2) is 82.2 Å². The lowest BCUT2D eigenvalue weighted by Gasteiger charge is -2.42. The molecule has 3 aromatic rings. The number of amides is 4. The maximum atomic E-state index is 14.8. The van der Waals surface area contributed by atoms with Crippen LogP contribution in [0.3, 0.4) is 0 Å². The van der Waals surface area contributed by atoms with Crippen molar-refractivity contribution in [3.63, 3.8) is 0 Å². The van der Waals surface area contributed by atoms with Crippen molar-refractivity contribution in [2.24, 2.45) is 11.8 Å². The summed E-state index contributed by atoms with van der Waals surface area (Å²) in [5, 5.41) is 16.3. The van der Waals surface area contributed by atoms with Gasteiger partial charge < -0.3 is 19.7 Å². The molecule has 2 aliphatic heterocycles. The molecule has 1 saturated heterocycles. The maximum Gasteiger partial charge on any atom is 0.305 e. The molecule has 0 aliphatic carbocycles. The normalized spacial score (nSPS) is 22.1. The number of esters is 1. The van der Waals surface area contributed by atoms with E-state index in [1.807, 2.05) is 44.2 Å². The van der Waals surface area contributed by atoms with Gasteiger partial charge in [-0.1, -0.05) is 93.1 Å². The quantitative estimate of drug-likeness (QED) is 0.0780. The summed E-state index contributed by atoms with van der Waals surface area (Å²) in [7, 11) is 1.26. The number of imide groups is 1. The summed E-state index contributed by atoms with van der Waals surface area (Å²) in [5.41, 5.74) is -0.444. The molecule has 3 aromatic carbocycles. The van der Waals surface area contributed by atoms with E-state index < -0.39 is 70.7 Å². The third-order valence-electron chi connectivity index (χ3n) is 10.3. The van der Waals surface area contributed by atoms with Crippen LogP contribution < -0.4 is 5.32 Å². The van der Waals surface area contributed by atoms with E-state index in [0.29, 0.717) is 12.0 Å². The van der Waals surface area contributed by atoms with Crippen LogP contribution in [0.4, 0.5) is 0 Å². The van der Waals surface area contributed by atoms with Crippen LogP contribution in [0.1, 0.15) is 77.9 Å². The van der Waals surface area contributed by atoms with Crippen molar-refractivity contribution in [3.8, 4) is 0 Å². The number of methoxy groups -OCH3 is 1. The zero-order chi connectivity index (χ0) is 37.6. The van der Waals surface area contributed by atoms with Crippen molar-refractivity contribution in [2.45, 2.75) is 70.4 Å². The van der Waals surface area contributed by atoms with E-state index in [9.17, 15) is 34.1 Å². The van der Waals surface area contributed by atoms with Crippen molar-refractivity contribution in [2.75, 3.05) is 20.2 Å². The second-order valence-electron chi connectivity index (χ2n) is 13.4. The van der Waals surface area contributed by atoms with Gasteiger partial charge in [-0.25, -0.2) is 0 Å². The van der Waals surface area contributed by atoms with Gasteiger partial charge in [0.2, 0.25) is 17.9 Å². The third kappa shape index (κ3) is 7.31. The first-order valence-corrected chi connectivity index (χ1v) is 17.4. The van der Waals surface area contributed by atoms with Crippen LogP contribution in [-0.2, 0) is 30.5 Å². The van der Waals surface area contributed by atoms with Gasteiger partial charge in [-0.3, -0.25) is 39.0 Å². The first-order chi connectivity index (χ1) is 24.9. The zero-order valence-corrected chi connectivity index (χ0v) is 29.7. The summed E-state index contributed by atoms with van der Waals surface area (Å²) in [6, 6.07) is 21.1. The molecule has 0 radical (unpaired) electrons. The number of hydrogen-bond donors (Lipinski definition) is 1. The van der Waals surface area contributed by atoms with Crippen molar-refractivity contribution in [3.05, 3.63) is 117 Å². The van der Waals surface area contributed by atoms with E-state index in [2.05, 4.69) is 5.32 Å². The highest BCUT2D eigenvalue weighted by Gasteiger charge is 2.70. The van der Waals surface area contributed by atoms with E-state index in [1.54, 1.807) is 42.5 Å². The lowest BCUT2D eigenvalue weighted by Crippen LogP contribution is -2.63. The van der Waals surface area contributed by atoms with E-state index in [0.717, 1.165) is 10.5 Å². The molecule has 0 unspecified atom stereocenters. The number of carbonyl (C=O) groups is 5. The number of nitrogens with one attached hydrogen (secondary N) is 1.